The van der Waals surface area contributed by atoms with Crippen LogP contribution in [0.1, 0.15) is 18.1 Å². The fourth-order valence-corrected chi connectivity index (χ4v) is 2.31. The third kappa shape index (κ3) is 4.65. The van der Waals surface area contributed by atoms with Gasteiger partial charge in [0.2, 0.25) is 0 Å². The lowest BCUT2D eigenvalue weighted by Gasteiger charge is -2.16. The molecule has 3 nitrogen and oxygen atoms in total. The van der Waals surface area contributed by atoms with E-state index in [2.05, 4.69) is 5.32 Å². The minimum absolute atomic E-state index is 0.202. The van der Waals surface area contributed by atoms with Gasteiger partial charge in [0.25, 0.3) is 5.91 Å². The fraction of sp³-hybridized carbons (Fsp3) is 0.235. The van der Waals surface area contributed by atoms with Gasteiger partial charge in [0.15, 0.2) is 6.10 Å². The van der Waals surface area contributed by atoms with E-state index in [4.69, 9.17) is 27.9 Å². The molecule has 0 heterocycles. The Labute approximate surface area is 140 Å². The Kier molecular flexibility index (Phi) is 5.69. The molecule has 0 unspecified atom stereocenters. The molecule has 5 heteroatoms. The molecule has 2 rings (SSSR count). The number of nitrogens with one attached hydrogen (secondary N) is 1. The van der Waals surface area contributed by atoms with Gasteiger partial charge in [-0.25, -0.2) is 0 Å². The second-order valence-corrected chi connectivity index (χ2v) is 5.88. The van der Waals surface area contributed by atoms with E-state index in [-0.39, 0.29) is 5.91 Å². The van der Waals surface area contributed by atoms with E-state index in [1.165, 1.54) is 5.56 Å². The van der Waals surface area contributed by atoms with Crippen LogP contribution in [0.3, 0.4) is 0 Å². The molecule has 0 radical (unpaired) electrons. The highest BCUT2D eigenvalue weighted by Gasteiger charge is 2.15. The van der Waals surface area contributed by atoms with Crippen molar-refractivity contribution in [3.05, 3.63) is 63.6 Å². The third-order valence-electron chi connectivity index (χ3n) is 3.15. The van der Waals surface area contributed by atoms with E-state index in [1.807, 2.05) is 31.2 Å². The monoisotopic (exact) mass is 337 g/mol. The van der Waals surface area contributed by atoms with Crippen molar-refractivity contribution in [1.29, 1.82) is 0 Å². The van der Waals surface area contributed by atoms with Gasteiger partial charge in [0.1, 0.15) is 5.75 Å². The summed E-state index contributed by atoms with van der Waals surface area (Å²) in [4.78, 5) is 12.1. The second kappa shape index (κ2) is 7.52. The molecular formula is C17H17Cl2NO2. The highest BCUT2D eigenvalue weighted by molar-refractivity contribution is 6.35. The quantitative estimate of drug-likeness (QED) is 0.878. The molecule has 2 aromatic carbocycles. The van der Waals surface area contributed by atoms with Crippen molar-refractivity contribution in [1.82, 2.24) is 5.32 Å². The number of ether oxygens (including phenoxy) is 1. The van der Waals surface area contributed by atoms with E-state index < -0.39 is 6.10 Å². The molecule has 0 saturated carbocycles. The predicted octanol–water partition coefficient (Wildman–Crippen LogP) is 4.39. The number of hydrogen-bond donors (Lipinski definition) is 1. The molecule has 0 bridgehead atoms. The minimum atomic E-state index is -0.649. The standard InChI is InChI=1S/C17H17Cl2NO2/c1-11-3-5-13(6-4-11)10-20-17(21)12(2)22-16-8-7-14(18)9-15(16)19/h3-9,12H,10H2,1-2H3,(H,20,21)/t12-/m1/s1. The van der Waals surface area contributed by atoms with E-state index in [0.29, 0.717) is 22.3 Å². The van der Waals surface area contributed by atoms with Crippen LogP contribution in [0.15, 0.2) is 42.5 Å². The van der Waals surface area contributed by atoms with E-state index >= 15 is 0 Å². The topological polar surface area (TPSA) is 38.3 Å². The first-order valence-corrected chi connectivity index (χ1v) is 7.66. The van der Waals surface area contributed by atoms with Gasteiger partial charge in [0.05, 0.1) is 5.02 Å². The molecule has 116 valence electrons. The maximum atomic E-state index is 12.1. The average Bonchev–Trinajstić information content (AvgIpc) is 2.49. The maximum Gasteiger partial charge on any atom is 0.261 e. The van der Waals surface area contributed by atoms with Crippen molar-refractivity contribution in [2.45, 2.75) is 26.5 Å². The van der Waals surface area contributed by atoms with Crippen molar-refractivity contribution in [2.75, 3.05) is 0 Å². The van der Waals surface area contributed by atoms with Crippen molar-refractivity contribution in [3.63, 3.8) is 0 Å². The van der Waals surface area contributed by atoms with Gasteiger partial charge in [-0.1, -0.05) is 53.0 Å². The Morgan fingerprint density at radius 2 is 1.86 bits per heavy atom. The summed E-state index contributed by atoms with van der Waals surface area (Å²) in [6.07, 6.45) is -0.649. The SMILES string of the molecule is Cc1ccc(CNC(=O)[C@@H](C)Oc2ccc(Cl)cc2Cl)cc1. The van der Waals surface area contributed by atoms with Gasteiger partial charge >= 0.3 is 0 Å². The van der Waals surface area contributed by atoms with Crippen LogP contribution in [0.25, 0.3) is 0 Å². The molecule has 1 atom stereocenters. The highest BCUT2D eigenvalue weighted by Crippen LogP contribution is 2.28. The molecule has 0 aromatic heterocycles. The summed E-state index contributed by atoms with van der Waals surface area (Å²) in [6, 6.07) is 12.9. The second-order valence-electron chi connectivity index (χ2n) is 5.04. The number of aryl methyl sites for hydroxylation is 1. The van der Waals surface area contributed by atoms with Gasteiger partial charge < -0.3 is 10.1 Å². The molecule has 0 aliphatic heterocycles. The third-order valence-corrected chi connectivity index (χ3v) is 3.68. The number of hydrogen-bond acceptors (Lipinski definition) is 2. The molecule has 2 aromatic rings. The summed E-state index contributed by atoms with van der Waals surface area (Å²) in [5.74, 6) is 0.232. The number of halogens is 2. The Bertz CT molecular complexity index is 656. The summed E-state index contributed by atoms with van der Waals surface area (Å²) in [7, 11) is 0. The fourth-order valence-electron chi connectivity index (χ4n) is 1.85. The lowest BCUT2D eigenvalue weighted by Crippen LogP contribution is -2.35. The van der Waals surface area contributed by atoms with Crippen LogP contribution >= 0.6 is 23.2 Å². The Morgan fingerprint density at radius 3 is 2.50 bits per heavy atom. The van der Waals surface area contributed by atoms with Crippen LogP contribution < -0.4 is 10.1 Å². The van der Waals surface area contributed by atoms with Crippen molar-refractivity contribution in [3.8, 4) is 5.75 Å². The Hall–Kier alpha value is -1.71. The van der Waals surface area contributed by atoms with Crippen LogP contribution in [0.4, 0.5) is 0 Å². The molecule has 0 saturated heterocycles. The van der Waals surface area contributed by atoms with Crippen molar-refractivity contribution in [2.24, 2.45) is 0 Å². The van der Waals surface area contributed by atoms with Gasteiger partial charge in [-0.05, 0) is 37.6 Å². The number of amides is 1. The molecule has 1 N–H and O–H groups in total. The maximum absolute atomic E-state index is 12.1. The zero-order valence-corrected chi connectivity index (χ0v) is 13.9. The summed E-state index contributed by atoms with van der Waals surface area (Å²) in [6.45, 7) is 4.16. The Balaban J connectivity index is 1.90. The summed E-state index contributed by atoms with van der Waals surface area (Å²) in [5.41, 5.74) is 2.22. The smallest absolute Gasteiger partial charge is 0.261 e. The average molecular weight is 338 g/mol. The first kappa shape index (κ1) is 16.7. The lowest BCUT2D eigenvalue weighted by molar-refractivity contribution is -0.127. The molecular weight excluding hydrogens is 321 g/mol. The zero-order valence-electron chi connectivity index (χ0n) is 12.4. The number of carbonyl (C=O) groups excluding carboxylic acids is 1. The van der Waals surface area contributed by atoms with Crippen LogP contribution in [-0.4, -0.2) is 12.0 Å². The first-order chi connectivity index (χ1) is 10.5. The predicted molar refractivity (Wildman–Crippen MR) is 89.6 cm³/mol. The minimum Gasteiger partial charge on any atom is -0.479 e. The number of benzene rings is 2. The zero-order chi connectivity index (χ0) is 16.1. The van der Waals surface area contributed by atoms with Crippen LogP contribution in [-0.2, 0) is 11.3 Å². The summed E-state index contributed by atoms with van der Waals surface area (Å²) >= 11 is 11.9. The number of carbonyl (C=O) groups is 1. The molecule has 22 heavy (non-hydrogen) atoms. The summed E-state index contributed by atoms with van der Waals surface area (Å²) < 4.78 is 5.57. The lowest BCUT2D eigenvalue weighted by atomic mass is 10.1. The van der Waals surface area contributed by atoms with Gasteiger partial charge in [0, 0.05) is 11.6 Å². The molecule has 1 amide bonds. The van der Waals surface area contributed by atoms with E-state index in [1.54, 1.807) is 25.1 Å². The molecule has 0 aliphatic carbocycles. The van der Waals surface area contributed by atoms with Crippen LogP contribution in [0.2, 0.25) is 10.0 Å². The van der Waals surface area contributed by atoms with Crippen LogP contribution in [0, 0.1) is 6.92 Å². The van der Waals surface area contributed by atoms with E-state index in [0.717, 1.165) is 5.56 Å². The van der Waals surface area contributed by atoms with Gasteiger partial charge in [-0.3, -0.25) is 4.79 Å². The molecule has 0 spiro atoms. The number of rotatable bonds is 5. The van der Waals surface area contributed by atoms with Crippen molar-refractivity contribution < 1.29 is 9.53 Å². The van der Waals surface area contributed by atoms with Crippen LogP contribution in [0.5, 0.6) is 5.75 Å². The van der Waals surface area contributed by atoms with Gasteiger partial charge in [-0.2, -0.15) is 0 Å². The van der Waals surface area contributed by atoms with E-state index in [9.17, 15) is 4.79 Å². The largest absolute Gasteiger partial charge is 0.479 e. The first-order valence-electron chi connectivity index (χ1n) is 6.90. The summed E-state index contributed by atoms with van der Waals surface area (Å²) in [5, 5.41) is 3.74. The Morgan fingerprint density at radius 1 is 1.18 bits per heavy atom. The van der Waals surface area contributed by atoms with Crippen molar-refractivity contribution >= 4 is 29.1 Å². The molecule has 0 fully saturated rings. The van der Waals surface area contributed by atoms with Gasteiger partial charge in [-0.15, -0.1) is 0 Å². The highest BCUT2D eigenvalue weighted by atomic mass is 35.5. The normalized spacial score (nSPS) is 11.8. The molecule has 0 aliphatic rings.